The summed E-state index contributed by atoms with van der Waals surface area (Å²) in [5, 5.41) is 48.7. The molecule has 0 aromatic heterocycles. The van der Waals surface area contributed by atoms with Gasteiger partial charge in [0.2, 0.25) is 0 Å². The molecule has 318 valence electrons. The van der Waals surface area contributed by atoms with Gasteiger partial charge in [-0.3, -0.25) is 18.6 Å². The van der Waals surface area contributed by atoms with E-state index in [0.717, 1.165) is 31.6 Å². The first-order valence-corrected chi connectivity index (χ1v) is 21.4. The Morgan fingerprint density at radius 3 is 1.85 bits per heavy atom. The summed E-state index contributed by atoms with van der Waals surface area (Å²) in [6, 6.07) is 0. The van der Waals surface area contributed by atoms with Gasteiger partial charge in [-0.25, -0.2) is 4.57 Å². The molecule has 0 aromatic carbocycles. The Balaban J connectivity index is 4.73. The Morgan fingerprint density at radius 2 is 1.24 bits per heavy atom. The fourth-order valence-electron chi connectivity index (χ4n) is 4.99. The van der Waals surface area contributed by atoms with Gasteiger partial charge in [-0.1, -0.05) is 139 Å². The molecule has 0 fully saturated rings. The van der Waals surface area contributed by atoms with Crippen molar-refractivity contribution in [1.82, 2.24) is 0 Å². The minimum atomic E-state index is -4.71. The zero-order chi connectivity index (χ0) is 41.2. The number of hydrogen-bond acceptors (Lipinski definition) is 12. The first kappa shape index (κ1) is 52.6. The maximum absolute atomic E-state index is 12.6. The van der Waals surface area contributed by atoms with E-state index in [-0.39, 0.29) is 25.7 Å². The maximum atomic E-state index is 12.6. The summed E-state index contributed by atoms with van der Waals surface area (Å²) in [6.07, 6.45) is 24.4. The van der Waals surface area contributed by atoms with Crippen LogP contribution < -0.4 is 0 Å². The van der Waals surface area contributed by atoms with E-state index in [1.54, 1.807) is 42.5 Å². The molecule has 55 heavy (non-hydrogen) atoms. The molecule has 6 N–H and O–H groups in total. The van der Waals surface area contributed by atoms with E-state index in [0.29, 0.717) is 12.8 Å². The summed E-state index contributed by atoms with van der Waals surface area (Å²) in [5.74, 6) is -0.512. The Kier molecular flexibility index (Phi) is 33.2. The van der Waals surface area contributed by atoms with E-state index in [2.05, 4.69) is 18.4 Å². The first-order chi connectivity index (χ1) is 26.3. The highest BCUT2D eigenvalue weighted by molar-refractivity contribution is 7.47. The van der Waals surface area contributed by atoms with Crippen molar-refractivity contribution in [3.05, 3.63) is 60.8 Å². The zero-order valence-corrected chi connectivity index (χ0v) is 34.3. The number of unbranched alkanes of at least 4 members (excludes halogenated alkanes) is 8. The molecule has 0 radical (unpaired) electrons. The maximum Gasteiger partial charge on any atom is 0.472 e. The summed E-state index contributed by atoms with van der Waals surface area (Å²) < 4.78 is 32.4. The van der Waals surface area contributed by atoms with Crippen molar-refractivity contribution in [1.29, 1.82) is 0 Å². The van der Waals surface area contributed by atoms with Crippen molar-refractivity contribution < 1.29 is 63.1 Å². The molecule has 0 spiro atoms. The smallest absolute Gasteiger partial charge is 0.462 e. The molecule has 13 nitrogen and oxygen atoms in total. The van der Waals surface area contributed by atoms with Gasteiger partial charge in [-0.05, 0) is 38.0 Å². The van der Waals surface area contributed by atoms with E-state index >= 15 is 0 Å². The van der Waals surface area contributed by atoms with E-state index in [1.165, 1.54) is 44.6 Å². The number of aliphatic hydroxyl groups excluding tert-OH is 5. The van der Waals surface area contributed by atoms with Crippen LogP contribution in [0.4, 0.5) is 0 Å². The van der Waals surface area contributed by atoms with Gasteiger partial charge in [0.05, 0.1) is 38.1 Å². The van der Waals surface area contributed by atoms with Crippen LogP contribution in [0.2, 0.25) is 0 Å². The lowest BCUT2D eigenvalue weighted by atomic mass is 10.0. The van der Waals surface area contributed by atoms with Crippen molar-refractivity contribution in [2.24, 2.45) is 5.92 Å². The van der Waals surface area contributed by atoms with Gasteiger partial charge >= 0.3 is 19.8 Å². The molecule has 0 aliphatic carbocycles. The number of hydrogen-bond donors (Lipinski definition) is 6. The van der Waals surface area contributed by atoms with Crippen LogP contribution in [-0.2, 0) is 32.7 Å². The third-order valence-corrected chi connectivity index (χ3v) is 9.16. The van der Waals surface area contributed by atoms with Crippen LogP contribution in [0.25, 0.3) is 0 Å². The number of esters is 2. The van der Waals surface area contributed by atoms with Crippen LogP contribution >= 0.6 is 7.82 Å². The molecule has 14 heteroatoms. The molecular weight excluding hydrogens is 731 g/mol. The van der Waals surface area contributed by atoms with Gasteiger partial charge in [-0.2, -0.15) is 0 Å². The third-order valence-electron chi connectivity index (χ3n) is 8.21. The second-order valence-electron chi connectivity index (χ2n) is 14.0. The summed E-state index contributed by atoms with van der Waals surface area (Å²) in [7, 11) is -4.71. The number of phosphoric ester groups is 1. The van der Waals surface area contributed by atoms with Crippen LogP contribution in [0.5, 0.6) is 0 Å². The van der Waals surface area contributed by atoms with Gasteiger partial charge < -0.3 is 39.9 Å². The van der Waals surface area contributed by atoms with E-state index in [4.69, 9.17) is 19.1 Å². The molecule has 0 aliphatic heterocycles. The Hall–Kier alpha value is -2.45. The Labute approximate surface area is 329 Å². The average Bonchev–Trinajstić information content (AvgIpc) is 3.14. The number of phosphoric acid groups is 1. The quantitative estimate of drug-likeness (QED) is 0.0130. The van der Waals surface area contributed by atoms with Crippen molar-refractivity contribution in [2.45, 2.75) is 154 Å². The van der Waals surface area contributed by atoms with E-state index in [1.807, 2.05) is 19.1 Å². The van der Waals surface area contributed by atoms with Gasteiger partial charge in [0, 0.05) is 12.8 Å². The predicted molar refractivity (Wildman–Crippen MR) is 214 cm³/mol. The molecule has 0 aliphatic rings. The second kappa shape index (κ2) is 34.8. The Bertz CT molecular complexity index is 1170. The SMILES string of the molecule is CC/C=C\C[C@H](O)/C=C/C=C/C=C\C=C/[C@@H](O)[C@H](O)CCCC(=O)O[C@H](COC(=O)CCCCCCCCCCCC(C)C)COP(=O)(O)OC[C@@H](O)CO. The summed E-state index contributed by atoms with van der Waals surface area (Å²) in [6.45, 7) is 4.03. The Morgan fingerprint density at radius 1 is 0.673 bits per heavy atom. The van der Waals surface area contributed by atoms with Crippen LogP contribution in [0, 0.1) is 5.92 Å². The number of aliphatic hydroxyl groups is 5. The van der Waals surface area contributed by atoms with Crippen molar-refractivity contribution >= 4 is 19.8 Å². The van der Waals surface area contributed by atoms with Gasteiger partial charge in [0.25, 0.3) is 0 Å². The average molecular weight is 803 g/mol. The van der Waals surface area contributed by atoms with Crippen molar-refractivity contribution in [3.8, 4) is 0 Å². The molecule has 6 atom stereocenters. The summed E-state index contributed by atoms with van der Waals surface area (Å²) in [4.78, 5) is 34.9. The highest BCUT2D eigenvalue weighted by Gasteiger charge is 2.27. The van der Waals surface area contributed by atoms with Gasteiger partial charge in [0.15, 0.2) is 6.10 Å². The summed E-state index contributed by atoms with van der Waals surface area (Å²) >= 11 is 0. The number of carbonyl (C=O) groups excluding carboxylic acids is 2. The number of ether oxygens (including phenoxy) is 2. The van der Waals surface area contributed by atoms with Gasteiger partial charge in [0.1, 0.15) is 12.7 Å². The van der Waals surface area contributed by atoms with Crippen molar-refractivity contribution in [3.63, 3.8) is 0 Å². The van der Waals surface area contributed by atoms with E-state index < -0.39 is 76.7 Å². The molecule has 0 amide bonds. The standard InChI is InChI=1S/C41H71O13P/c1-4-5-17-24-35(43)25-19-14-11-12-15-20-26-38(45)39(46)27-22-29-41(48)54-37(33-53-55(49,50)52-31-36(44)30-42)32-51-40(47)28-21-16-10-8-6-7-9-13-18-23-34(2)3/h5,11-12,14-15,17,19-20,25-26,34-39,42-46H,4,6-10,13,16,18,21-24,27-33H2,1-3H3,(H,49,50)/b14-11+,15-12-,17-5-,25-19+,26-20-/t35-,36-,37+,38+,39+/m0/s1. The number of rotatable bonds is 35. The monoisotopic (exact) mass is 802 g/mol. The lowest BCUT2D eigenvalue weighted by molar-refractivity contribution is -0.161. The molecule has 0 bridgehead atoms. The topological polar surface area (TPSA) is 210 Å². The van der Waals surface area contributed by atoms with Crippen LogP contribution in [0.1, 0.15) is 124 Å². The minimum Gasteiger partial charge on any atom is -0.462 e. The fraction of sp³-hybridized carbons (Fsp3) is 0.707. The molecule has 1 unspecified atom stereocenters. The first-order valence-electron chi connectivity index (χ1n) is 19.9. The fourth-order valence-corrected chi connectivity index (χ4v) is 5.78. The largest absolute Gasteiger partial charge is 0.472 e. The minimum absolute atomic E-state index is 0.0616. The summed E-state index contributed by atoms with van der Waals surface area (Å²) in [5.41, 5.74) is 0. The third kappa shape index (κ3) is 34.5. The van der Waals surface area contributed by atoms with Gasteiger partial charge in [-0.15, -0.1) is 0 Å². The highest BCUT2D eigenvalue weighted by Crippen LogP contribution is 2.43. The molecule has 0 rings (SSSR count). The van der Waals surface area contributed by atoms with Crippen molar-refractivity contribution in [2.75, 3.05) is 26.4 Å². The van der Waals surface area contributed by atoms with Crippen LogP contribution in [-0.4, -0.2) is 99.3 Å². The normalized spacial score (nSPS) is 16.4. The highest BCUT2D eigenvalue weighted by atomic mass is 31.2. The number of allylic oxidation sites excluding steroid dienone is 7. The zero-order valence-electron chi connectivity index (χ0n) is 33.4. The molecular formula is C41H71O13P. The second-order valence-corrected chi connectivity index (χ2v) is 15.4. The molecule has 0 heterocycles. The molecule has 0 saturated heterocycles. The lowest BCUT2D eigenvalue weighted by Crippen LogP contribution is -2.30. The van der Waals surface area contributed by atoms with Crippen LogP contribution in [0.3, 0.4) is 0 Å². The van der Waals surface area contributed by atoms with E-state index in [9.17, 15) is 39.5 Å². The molecule has 0 aromatic rings. The lowest BCUT2D eigenvalue weighted by Gasteiger charge is -2.20. The molecule has 0 saturated carbocycles. The number of carbonyl (C=O) groups is 2. The van der Waals surface area contributed by atoms with Crippen LogP contribution in [0.15, 0.2) is 60.8 Å². The predicted octanol–water partition coefficient (Wildman–Crippen LogP) is 6.71.